The molecule has 0 aliphatic carbocycles. The second kappa shape index (κ2) is 5.34. The van der Waals surface area contributed by atoms with E-state index in [-0.39, 0.29) is 12.5 Å². The van der Waals surface area contributed by atoms with Crippen LogP contribution in [0.15, 0.2) is 42.7 Å². The second-order valence-electron chi connectivity index (χ2n) is 6.19. The van der Waals surface area contributed by atoms with Crippen molar-refractivity contribution in [2.45, 2.75) is 20.4 Å². The van der Waals surface area contributed by atoms with Crippen molar-refractivity contribution in [1.82, 2.24) is 4.98 Å². The number of carbonyl (C=O) groups is 1. The quantitative estimate of drug-likeness (QED) is 0.454. The van der Waals surface area contributed by atoms with Gasteiger partial charge in [0.15, 0.2) is 12.4 Å². The SMILES string of the molecule is COC(=O)C[n+]1ccc2c(C)c3[nH]c4ccccc4c3c(C)c2c1. The molecule has 4 heteroatoms. The van der Waals surface area contributed by atoms with Crippen LogP contribution in [0, 0.1) is 13.8 Å². The van der Waals surface area contributed by atoms with Gasteiger partial charge in [0.25, 0.3) is 0 Å². The summed E-state index contributed by atoms with van der Waals surface area (Å²) in [7, 11) is 1.41. The van der Waals surface area contributed by atoms with Crippen LogP contribution in [-0.4, -0.2) is 18.1 Å². The molecular weight excluding hydrogens is 300 g/mol. The molecule has 0 radical (unpaired) electrons. The molecule has 0 bridgehead atoms. The predicted molar refractivity (Wildman–Crippen MR) is 95.0 cm³/mol. The number of fused-ring (bicyclic) bond motifs is 4. The maximum atomic E-state index is 11.6. The normalized spacial score (nSPS) is 11.5. The van der Waals surface area contributed by atoms with Crippen LogP contribution in [0.4, 0.5) is 0 Å². The largest absolute Gasteiger partial charge is 0.464 e. The number of hydrogen-bond acceptors (Lipinski definition) is 2. The van der Waals surface area contributed by atoms with Crippen molar-refractivity contribution in [3.8, 4) is 0 Å². The van der Waals surface area contributed by atoms with Gasteiger partial charge in [0.05, 0.1) is 12.6 Å². The number of carbonyl (C=O) groups excluding carboxylic acids is 1. The van der Waals surface area contributed by atoms with Gasteiger partial charge in [-0.3, -0.25) is 0 Å². The fraction of sp³-hybridized carbons (Fsp3) is 0.200. The minimum absolute atomic E-state index is 0.219. The third-order valence-electron chi connectivity index (χ3n) is 4.82. The summed E-state index contributed by atoms with van der Waals surface area (Å²) >= 11 is 0. The minimum atomic E-state index is -0.248. The monoisotopic (exact) mass is 319 g/mol. The number of methoxy groups -OCH3 is 1. The van der Waals surface area contributed by atoms with Gasteiger partial charge in [0.1, 0.15) is 0 Å². The van der Waals surface area contributed by atoms with Crippen LogP contribution in [0.25, 0.3) is 32.6 Å². The topological polar surface area (TPSA) is 46.0 Å². The number of para-hydroxylation sites is 1. The minimum Gasteiger partial charge on any atom is -0.464 e. The van der Waals surface area contributed by atoms with E-state index in [1.165, 1.54) is 39.9 Å². The lowest BCUT2D eigenvalue weighted by atomic mass is 9.97. The molecule has 0 aliphatic heterocycles. The number of benzene rings is 2. The van der Waals surface area contributed by atoms with Crippen LogP contribution in [-0.2, 0) is 16.1 Å². The number of H-pyrrole nitrogens is 1. The summed E-state index contributed by atoms with van der Waals surface area (Å²) in [6.07, 6.45) is 3.97. The Bertz CT molecular complexity index is 1110. The van der Waals surface area contributed by atoms with Gasteiger partial charge in [0.2, 0.25) is 6.54 Å². The number of nitrogens with one attached hydrogen (secondary N) is 1. The average Bonchev–Trinajstić information content (AvgIpc) is 2.99. The first kappa shape index (κ1) is 14.7. The van der Waals surface area contributed by atoms with Crippen LogP contribution in [0.3, 0.4) is 0 Å². The third-order valence-corrected chi connectivity index (χ3v) is 4.82. The van der Waals surface area contributed by atoms with Gasteiger partial charge in [-0.1, -0.05) is 18.2 Å². The van der Waals surface area contributed by atoms with Crippen molar-refractivity contribution >= 4 is 38.5 Å². The van der Waals surface area contributed by atoms with Gasteiger partial charge in [-0.05, 0) is 36.4 Å². The molecule has 2 aromatic heterocycles. The number of aromatic nitrogens is 2. The van der Waals surface area contributed by atoms with Gasteiger partial charge in [-0.15, -0.1) is 0 Å². The number of aromatic amines is 1. The van der Waals surface area contributed by atoms with Gasteiger partial charge < -0.3 is 9.72 Å². The molecule has 120 valence electrons. The van der Waals surface area contributed by atoms with E-state index in [4.69, 9.17) is 4.74 Å². The maximum absolute atomic E-state index is 11.6. The molecule has 0 aliphatic rings. The van der Waals surface area contributed by atoms with Gasteiger partial charge in [-0.2, -0.15) is 4.57 Å². The molecular formula is C20H19N2O2+. The first-order valence-electron chi connectivity index (χ1n) is 7.99. The van der Waals surface area contributed by atoms with E-state index in [0.29, 0.717) is 0 Å². The van der Waals surface area contributed by atoms with Crippen molar-refractivity contribution in [2.24, 2.45) is 0 Å². The number of ether oxygens (including phenoxy) is 1. The first-order chi connectivity index (χ1) is 11.6. The Kier molecular flexibility index (Phi) is 3.27. The molecule has 0 atom stereocenters. The number of nitrogens with zero attached hydrogens (tertiary/aromatic N) is 1. The summed E-state index contributed by atoms with van der Waals surface area (Å²) in [5.41, 5.74) is 4.79. The molecule has 0 fully saturated rings. The fourth-order valence-electron chi connectivity index (χ4n) is 3.56. The predicted octanol–water partition coefficient (Wildman–Crippen LogP) is 3.55. The smallest absolute Gasteiger partial charge is 0.372 e. The highest BCUT2D eigenvalue weighted by Gasteiger charge is 2.17. The van der Waals surface area contributed by atoms with Crippen LogP contribution < -0.4 is 4.57 Å². The Morgan fingerprint density at radius 2 is 1.88 bits per heavy atom. The molecule has 0 saturated heterocycles. The van der Waals surface area contributed by atoms with E-state index in [1.54, 1.807) is 0 Å². The van der Waals surface area contributed by atoms with Gasteiger partial charge in [0, 0.05) is 27.7 Å². The number of esters is 1. The van der Waals surface area contributed by atoms with E-state index in [2.05, 4.69) is 43.1 Å². The molecule has 4 aromatic rings. The van der Waals surface area contributed by atoms with Crippen molar-refractivity contribution in [3.05, 3.63) is 53.9 Å². The molecule has 24 heavy (non-hydrogen) atoms. The highest BCUT2D eigenvalue weighted by molar-refractivity contribution is 6.16. The Morgan fingerprint density at radius 1 is 1.08 bits per heavy atom. The number of rotatable bonds is 2. The number of hydrogen-bond donors (Lipinski definition) is 1. The molecule has 0 amide bonds. The van der Waals surface area contributed by atoms with Crippen molar-refractivity contribution in [3.63, 3.8) is 0 Å². The van der Waals surface area contributed by atoms with E-state index in [0.717, 1.165) is 10.9 Å². The van der Waals surface area contributed by atoms with Crippen molar-refractivity contribution < 1.29 is 14.1 Å². The summed E-state index contributed by atoms with van der Waals surface area (Å²) in [5, 5.41) is 4.86. The molecule has 1 N–H and O–H groups in total. The lowest BCUT2D eigenvalue weighted by Gasteiger charge is -2.08. The summed E-state index contributed by atoms with van der Waals surface area (Å²) in [6.45, 7) is 4.51. The zero-order chi connectivity index (χ0) is 16.8. The zero-order valence-corrected chi connectivity index (χ0v) is 14.0. The Hall–Kier alpha value is -2.88. The Morgan fingerprint density at radius 3 is 2.67 bits per heavy atom. The van der Waals surface area contributed by atoms with E-state index in [1.807, 2.05) is 23.0 Å². The van der Waals surface area contributed by atoms with Gasteiger partial charge in [-0.25, -0.2) is 4.79 Å². The lowest BCUT2D eigenvalue weighted by molar-refractivity contribution is -0.684. The van der Waals surface area contributed by atoms with Crippen LogP contribution in [0.2, 0.25) is 0 Å². The van der Waals surface area contributed by atoms with Crippen LogP contribution in [0.1, 0.15) is 11.1 Å². The van der Waals surface area contributed by atoms with Gasteiger partial charge >= 0.3 is 5.97 Å². The summed E-state index contributed by atoms with van der Waals surface area (Å²) in [6, 6.07) is 10.4. The highest BCUT2D eigenvalue weighted by atomic mass is 16.5. The van der Waals surface area contributed by atoms with E-state index >= 15 is 0 Å². The molecule has 2 heterocycles. The zero-order valence-electron chi connectivity index (χ0n) is 14.0. The van der Waals surface area contributed by atoms with E-state index < -0.39 is 0 Å². The molecule has 0 saturated carbocycles. The first-order valence-corrected chi connectivity index (χ1v) is 7.99. The molecule has 4 rings (SSSR count). The third kappa shape index (κ3) is 2.07. The van der Waals surface area contributed by atoms with Crippen molar-refractivity contribution in [2.75, 3.05) is 7.11 Å². The van der Waals surface area contributed by atoms with Crippen molar-refractivity contribution in [1.29, 1.82) is 0 Å². The summed E-state index contributed by atoms with van der Waals surface area (Å²) in [5.74, 6) is -0.248. The number of aryl methyl sites for hydroxylation is 2. The maximum Gasteiger partial charge on any atom is 0.372 e. The second-order valence-corrected chi connectivity index (χ2v) is 6.19. The summed E-state index contributed by atoms with van der Waals surface area (Å²) in [4.78, 5) is 15.1. The molecule has 2 aromatic carbocycles. The Labute approximate surface area is 139 Å². The molecule has 4 nitrogen and oxygen atoms in total. The average molecular weight is 319 g/mol. The fourth-order valence-corrected chi connectivity index (χ4v) is 3.56. The van der Waals surface area contributed by atoms with E-state index in [9.17, 15) is 4.79 Å². The highest BCUT2D eigenvalue weighted by Crippen LogP contribution is 2.35. The molecule has 0 spiro atoms. The van der Waals surface area contributed by atoms with Crippen LogP contribution in [0.5, 0.6) is 0 Å². The summed E-state index contributed by atoms with van der Waals surface area (Å²) < 4.78 is 6.65. The lowest BCUT2D eigenvalue weighted by Crippen LogP contribution is -2.37. The standard InChI is InChI=1S/C20H18N2O2/c1-12-16-10-22(11-18(23)24-3)9-8-14(16)13(2)20-19(12)15-6-4-5-7-17(15)21-20/h4-10H,11H2,1-3H3/p+1. The Balaban J connectivity index is 2.07. The number of pyridine rings is 1. The molecule has 0 unspecified atom stereocenters. The van der Waals surface area contributed by atoms with Crippen LogP contribution >= 0.6 is 0 Å².